The van der Waals surface area contributed by atoms with Crippen LogP contribution in [-0.2, 0) is 6.54 Å². The van der Waals surface area contributed by atoms with E-state index in [1.807, 2.05) is 13.8 Å². The van der Waals surface area contributed by atoms with Crippen molar-refractivity contribution < 1.29 is 4.79 Å². The molecule has 0 saturated carbocycles. The van der Waals surface area contributed by atoms with E-state index < -0.39 is 0 Å². The van der Waals surface area contributed by atoms with Gasteiger partial charge in [0, 0.05) is 25.2 Å². The van der Waals surface area contributed by atoms with Crippen molar-refractivity contribution in [3.8, 4) is 0 Å². The Bertz CT molecular complexity index is 450. The van der Waals surface area contributed by atoms with Gasteiger partial charge in [0.05, 0.1) is 6.33 Å². The summed E-state index contributed by atoms with van der Waals surface area (Å²) in [4.78, 5) is 28.4. The lowest BCUT2D eigenvalue weighted by molar-refractivity contribution is 0.0645. The number of hydrogen-bond acceptors (Lipinski definition) is 3. The summed E-state index contributed by atoms with van der Waals surface area (Å²) in [5, 5.41) is 0. The molecule has 0 radical (unpaired) electrons. The van der Waals surface area contributed by atoms with Gasteiger partial charge in [-0.25, -0.2) is 0 Å². The minimum absolute atomic E-state index is 0.0873. The quantitative estimate of drug-likeness (QED) is 0.656. The molecule has 2 heterocycles. The summed E-state index contributed by atoms with van der Waals surface area (Å²) in [6.45, 7) is 5.31. The van der Waals surface area contributed by atoms with Gasteiger partial charge in [0.15, 0.2) is 0 Å². The van der Waals surface area contributed by atoms with Gasteiger partial charge in [-0.15, -0.1) is 0 Å². The van der Waals surface area contributed by atoms with Crippen molar-refractivity contribution in [2.45, 2.75) is 26.4 Å². The van der Waals surface area contributed by atoms with Gasteiger partial charge in [0.2, 0.25) is 0 Å². The van der Waals surface area contributed by atoms with Crippen LogP contribution in [0.25, 0.3) is 0 Å². The number of fused-ring (bicyclic) bond motifs is 1. The summed E-state index contributed by atoms with van der Waals surface area (Å²) in [6, 6.07) is 1.46. The van der Waals surface area contributed by atoms with Crippen LogP contribution in [-0.4, -0.2) is 32.9 Å². The van der Waals surface area contributed by atoms with Gasteiger partial charge < -0.3 is 9.47 Å². The zero-order chi connectivity index (χ0) is 11.0. The summed E-state index contributed by atoms with van der Waals surface area (Å²) < 4.78 is 1.72. The van der Waals surface area contributed by atoms with Crippen LogP contribution < -0.4 is 5.56 Å². The maximum atomic E-state index is 11.9. The Kier molecular flexibility index (Phi) is 2.30. The second kappa shape index (κ2) is 3.49. The van der Waals surface area contributed by atoms with E-state index in [0.29, 0.717) is 18.8 Å². The standard InChI is InChI=1S/C10H13N3O2/c1-7(2)13-4-3-12-6-11-9(14)5-8(12)10(13)15/h5-7H,3-4H2,1-2H3. The van der Waals surface area contributed by atoms with Crippen LogP contribution in [0.3, 0.4) is 0 Å². The van der Waals surface area contributed by atoms with Crippen LogP contribution >= 0.6 is 0 Å². The third-order valence-electron chi connectivity index (χ3n) is 2.58. The molecule has 5 heteroatoms. The summed E-state index contributed by atoms with van der Waals surface area (Å²) >= 11 is 0. The van der Waals surface area contributed by atoms with Crippen LogP contribution in [0.2, 0.25) is 0 Å². The molecule has 5 nitrogen and oxygen atoms in total. The molecule has 0 spiro atoms. The van der Waals surface area contributed by atoms with Crippen molar-refractivity contribution in [1.82, 2.24) is 14.5 Å². The molecule has 0 saturated heterocycles. The van der Waals surface area contributed by atoms with E-state index in [4.69, 9.17) is 0 Å². The van der Waals surface area contributed by atoms with E-state index >= 15 is 0 Å². The van der Waals surface area contributed by atoms with Crippen molar-refractivity contribution in [3.63, 3.8) is 0 Å². The molecule has 1 aromatic heterocycles. The number of hydrogen-bond donors (Lipinski definition) is 0. The summed E-state index contributed by atoms with van der Waals surface area (Å²) in [5.74, 6) is -0.0873. The topological polar surface area (TPSA) is 55.2 Å². The Balaban J connectivity index is 2.45. The maximum absolute atomic E-state index is 11.9. The van der Waals surface area contributed by atoms with Gasteiger partial charge in [-0.2, -0.15) is 4.98 Å². The molecule has 0 aliphatic carbocycles. The van der Waals surface area contributed by atoms with Crippen molar-refractivity contribution in [2.24, 2.45) is 0 Å². The Morgan fingerprint density at radius 2 is 2.07 bits per heavy atom. The third kappa shape index (κ3) is 1.65. The molecular weight excluding hydrogens is 194 g/mol. The predicted octanol–water partition coefficient (Wildman–Crippen LogP) is 0.108. The van der Waals surface area contributed by atoms with Crippen LogP contribution in [0.4, 0.5) is 0 Å². The van der Waals surface area contributed by atoms with E-state index in [9.17, 15) is 9.59 Å². The largest absolute Gasteiger partial charge is 0.333 e. The molecule has 0 atom stereocenters. The lowest BCUT2D eigenvalue weighted by Crippen LogP contribution is -2.45. The average molecular weight is 207 g/mol. The molecule has 1 aliphatic rings. The Hall–Kier alpha value is -1.65. The number of carbonyl (C=O) groups excluding carboxylic acids is 1. The number of nitrogens with zero attached hydrogens (tertiary/aromatic N) is 3. The average Bonchev–Trinajstić information content (AvgIpc) is 2.19. The van der Waals surface area contributed by atoms with Crippen LogP contribution in [0.5, 0.6) is 0 Å². The molecule has 80 valence electrons. The van der Waals surface area contributed by atoms with Gasteiger partial charge >= 0.3 is 0 Å². The van der Waals surface area contributed by atoms with Gasteiger partial charge in [0.25, 0.3) is 11.5 Å². The van der Waals surface area contributed by atoms with Crippen molar-refractivity contribution in [2.75, 3.05) is 6.54 Å². The molecule has 0 fully saturated rings. The molecule has 0 unspecified atom stereocenters. The van der Waals surface area contributed by atoms with E-state index in [-0.39, 0.29) is 17.5 Å². The highest BCUT2D eigenvalue weighted by molar-refractivity contribution is 5.93. The predicted molar refractivity (Wildman–Crippen MR) is 54.7 cm³/mol. The Morgan fingerprint density at radius 3 is 2.73 bits per heavy atom. The smallest absolute Gasteiger partial charge is 0.273 e. The van der Waals surface area contributed by atoms with E-state index in [1.165, 1.54) is 12.4 Å². The SMILES string of the molecule is CC(C)N1CCn2cnc(=O)cc2C1=O. The highest BCUT2D eigenvalue weighted by Gasteiger charge is 2.25. The molecule has 1 aromatic rings. The van der Waals surface area contributed by atoms with Crippen molar-refractivity contribution in [1.29, 1.82) is 0 Å². The van der Waals surface area contributed by atoms with Crippen molar-refractivity contribution in [3.05, 3.63) is 28.4 Å². The fourth-order valence-electron chi connectivity index (χ4n) is 1.75. The Morgan fingerprint density at radius 1 is 1.33 bits per heavy atom. The minimum Gasteiger partial charge on any atom is -0.333 e. The van der Waals surface area contributed by atoms with Crippen LogP contribution in [0, 0.1) is 0 Å². The Labute approximate surface area is 87.3 Å². The second-order valence-electron chi connectivity index (χ2n) is 3.90. The van der Waals surface area contributed by atoms with Crippen LogP contribution in [0.1, 0.15) is 24.3 Å². The first-order chi connectivity index (χ1) is 7.09. The first kappa shape index (κ1) is 9.89. The fraction of sp³-hybridized carbons (Fsp3) is 0.500. The lowest BCUT2D eigenvalue weighted by atomic mass is 10.2. The van der Waals surface area contributed by atoms with Crippen molar-refractivity contribution >= 4 is 5.91 Å². The molecule has 1 aliphatic heterocycles. The number of rotatable bonds is 1. The molecule has 0 bridgehead atoms. The van der Waals surface area contributed by atoms with Gasteiger partial charge in [-0.05, 0) is 13.8 Å². The number of amides is 1. The first-order valence-corrected chi connectivity index (χ1v) is 4.97. The molecule has 15 heavy (non-hydrogen) atoms. The molecule has 0 N–H and O–H groups in total. The zero-order valence-electron chi connectivity index (χ0n) is 8.80. The fourth-order valence-corrected chi connectivity index (χ4v) is 1.75. The maximum Gasteiger partial charge on any atom is 0.273 e. The van der Waals surface area contributed by atoms with Crippen LogP contribution in [0.15, 0.2) is 17.2 Å². The molecular formula is C10H13N3O2. The number of carbonyl (C=O) groups is 1. The summed E-state index contributed by atoms with van der Waals surface area (Å²) in [6.07, 6.45) is 1.44. The summed E-state index contributed by atoms with van der Waals surface area (Å²) in [5.41, 5.74) is 0.0788. The molecule has 1 amide bonds. The minimum atomic E-state index is -0.361. The lowest BCUT2D eigenvalue weighted by Gasteiger charge is -2.32. The number of aromatic nitrogens is 2. The van der Waals surface area contributed by atoms with E-state index in [2.05, 4.69) is 4.98 Å². The first-order valence-electron chi connectivity index (χ1n) is 4.97. The zero-order valence-corrected chi connectivity index (χ0v) is 8.80. The monoisotopic (exact) mass is 207 g/mol. The normalized spacial score (nSPS) is 15.7. The summed E-state index contributed by atoms with van der Waals surface area (Å²) in [7, 11) is 0. The third-order valence-corrected chi connectivity index (χ3v) is 2.58. The molecule has 0 aromatic carbocycles. The second-order valence-corrected chi connectivity index (χ2v) is 3.90. The van der Waals surface area contributed by atoms with Gasteiger partial charge in [0.1, 0.15) is 5.69 Å². The van der Waals surface area contributed by atoms with E-state index in [0.717, 1.165) is 0 Å². The van der Waals surface area contributed by atoms with Gasteiger partial charge in [-0.1, -0.05) is 0 Å². The molecule has 2 rings (SSSR count). The highest BCUT2D eigenvalue weighted by Crippen LogP contribution is 2.12. The highest BCUT2D eigenvalue weighted by atomic mass is 16.2. The van der Waals surface area contributed by atoms with Gasteiger partial charge in [-0.3, -0.25) is 9.59 Å². The van der Waals surface area contributed by atoms with E-state index in [1.54, 1.807) is 9.47 Å².